The molecule has 4 aromatic rings. The minimum atomic E-state index is -0.144. The van der Waals surface area contributed by atoms with Crippen LogP contribution in [0, 0.1) is 4.77 Å². The van der Waals surface area contributed by atoms with Crippen LogP contribution in [-0.4, -0.2) is 27.8 Å². The van der Waals surface area contributed by atoms with Crippen molar-refractivity contribution in [2.45, 2.75) is 19.5 Å². The quantitative estimate of drug-likeness (QED) is 0.447. The van der Waals surface area contributed by atoms with Gasteiger partial charge in [0.1, 0.15) is 12.3 Å². The normalized spacial score (nSPS) is 11.9. The topological polar surface area (TPSA) is 71.9 Å². The summed E-state index contributed by atoms with van der Waals surface area (Å²) in [5, 5.41) is 12.4. The van der Waals surface area contributed by atoms with Gasteiger partial charge in [-0.15, -0.1) is 0 Å². The molecule has 0 aliphatic rings. The first-order valence-corrected chi connectivity index (χ1v) is 10.0. The highest BCUT2D eigenvalue weighted by Crippen LogP contribution is 2.24. The van der Waals surface area contributed by atoms with E-state index in [9.17, 15) is 4.79 Å². The Bertz CT molecular complexity index is 1240. The van der Waals surface area contributed by atoms with E-state index in [0.29, 0.717) is 10.6 Å². The summed E-state index contributed by atoms with van der Waals surface area (Å²) in [5.74, 6) is 1.22. The highest BCUT2D eigenvalue weighted by atomic mass is 32.1. The van der Waals surface area contributed by atoms with E-state index in [-0.39, 0.29) is 18.5 Å². The molecule has 0 aliphatic heterocycles. The molecule has 1 amide bonds. The van der Waals surface area contributed by atoms with Crippen LogP contribution in [0.1, 0.15) is 18.5 Å². The molecule has 1 unspecified atom stereocenters. The standard InChI is InChI=1S/C23H22N4O2S/c1-15(19-9-5-7-16-6-3-4-8-20(16)19)24-21(28)14-27-22(25-26-23(27)30)17-10-12-18(29-2)13-11-17/h3-13,15H,14H2,1-2H3,(H,24,28)(H,26,30). The Kier molecular flexibility index (Phi) is 5.63. The van der Waals surface area contributed by atoms with Gasteiger partial charge in [-0.05, 0) is 59.7 Å². The maximum absolute atomic E-state index is 12.8. The molecular weight excluding hydrogens is 396 g/mol. The summed E-state index contributed by atoms with van der Waals surface area (Å²) in [5.41, 5.74) is 1.92. The van der Waals surface area contributed by atoms with Crippen molar-refractivity contribution in [1.82, 2.24) is 20.1 Å². The van der Waals surface area contributed by atoms with Crippen molar-refractivity contribution in [1.29, 1.82) is 0 Å². The van der Waals surface area contributed by atoms with E-state index >= 15 is 0 Å². The minimum absolute atomic E-state index is 0.0752. The Labute approximate surface area is 179 Å². The van der Waals surface area contributed by atoms with Crippen LogP contribution in [0.5, 0.6) is 5.75 Å². The smallest absolute Gasteiger partial charge is 0.240 e. The number of carbonyl (C=O) groups is 1. The Balaban J connectivity index is 1.54. The second-order valence-electron chi connectivity index (χ2n) is 7.02. The summed E-state index contributed by atoms with van der Waals surface area (Å²) in [6, 6.07) is 21.6. The summed E-state index contributed by atoms with van der Waals surface area (Å²) in [4.78, 5) is 12.8. The molecule has 30 heavy (non-hydrogen) atoms. The maximum atomic E-state index is 12.8. The molecular formula is C23H22N4O2S. The van der Waals surface area contributed by atoms with E-state index in [1.165, 1.54) is 0 Å². The first kappa shape index (κ1) is 19.8. The number of aromatic nitrogens is 3. The number of nitrogens with one attached hydrogen (secondary N) is 2. The van der Waals surface area contributed by atoms with Crippen molar-refractivity contribution in [3.05, 3.63) is 77.1 Å². The number of ether oxygens (including phenoxy) is 1. The third-order valence-corrected chi connectivity index (χ3v) is 5.39. The largest absolute Gasteiger partial charge is 0.497 e. The predicted octanol–water partition coefficient (Wildman–Crippen LogP) is 4.65. The molecule has 2 N–H and O–H groups in total. The highest BCUT2D eigenvalue weighted by Gasteiger charge is 2.16. The number of H-pyrrole nitrogens is 1. The van der Waals surface area contributed by atoms with Crippen LogP contribution in [0.4, 0.5) is 0 Å². The zero-order valence-electron chi connectivity index (χ0n) is 16.8. The number of carbonyl (C=O) groups excluding carboxylic acids is 1. The molecule has 0 saturated heterocycles. The molecule has 1 atom stereocenters. The van der Waals surface area contributed by atoms with Crippen molar-refractivity contribution in [3.63, 3.8) is 0 Å². The lowest BCUT2D eigenvalue weighted by Gasteiger charge is -2.17. The summed E-state index contributed by atoms with van der Waals surface area (Å²) in [6.45, 7) is 2.06. The fourth-order valence-electron chi connectivity index (χ4n) is 3.56. The van der Waals surface area contributed by atoms with Crippen LogP contribution in [0.2, 0.25) is 0 Å². The Morgan fingerprint density at radius 1 is 1.13 bits per heavy atom. The number of rotatable bonds is 6. The van der Waals surface area contributed by atoms with Gasteiger partial charge in [-0.2, -0.15) is 5.10 Å². The number of hydrogen-bond acceptors (Lipinski definition) is 4. The van der Waals surface area contributed by atoms with Gasteiger partial charge in [-0.3, -0.25) is 14.5 Å². The van der Waals surface area contributed by atoms with Crippen molar-refractivity contribution < 1.29 is 9.53 Å². The van der Waals surface area contributed by atoms with Crippen molar-refractivity contribution in [3.8, 4) is 17.1 Å². The number of amides is 1. The van der Waals surface area contributed by atoms with E-state index in [1.54, 1.807) is 11.7 Å². The average molecular weight is 419 g/mol. The lowest BCUT2D eigenvalue weighted by Crippen LogP contribution is -2.30. The van der Waals surface area contributed by atoms with Gasteiger partial charge in [0.2, 0.25) is 5.91 Å². The van der Waals surface area contributed by atoms with Crippen molar-refractivity contribution in [2.75, 3.05) is 7.11 Å². The molecule has 7 heteroatoms. The fourth-order valence-corrected chi connectivity index (χ4v) is 3.76. The van der Waals surface area contributed by atoms with Crippen molar-refractivity contribution in [2.24, 2.45) is 0 Å². The molecule has 4 rings (SSSR count). The molecule has 0 bridgehead atoms. The van der Waals surface area contributed by atoms with Gasteiger partial charge >= 0.3 is 0 Å². The molecule has 6 nitrogen and oxygen atoms in total. The van der Waals surface area contributed by atoms with Gasteiger partial charge in [-0.1, -0.05) is 42.5 Å². The second-order valence-corrected chi connectivity index (χ2v) is 7.41. The predicted molar refractivity (Wildman–Crippen MR) is 120 cm³/mol. The first-order valence-electron chi connectivity index (χ1n) is 9.63. The SMILES string of the molecule is COc1ccc(-c2n[nH]c(=S)n2CC(=O)NC(C)c2cccc3ccccc23)cc1. The third kappa shape index (κ3) is 3.97. The van der Waals surface area contributed by atoms with Crippen LogP contribution in [0.15, 0.2) is 66.7 Å². The van der Waals surface area contributed by atoms with E-state index in [2.05, 4.69) is 33.7 Å². The van der Waals surface area contributed by atoms with Crippen LogP contribution in [0.3, 0.4) is 0 Å². The monoisotopic (exact) mass is 418 g/mol. The molecule has 1 heterocycles. The van der Waals surface area contributed by atoms with Crippen LogP contribution >= 0.6 is 12.2 Å². The van der Waals surface area contributed by atoms with Gasteiger partial charge in [0.05, 0.1) is 13.2 Å². The van der Waals surface area contributed by atoms with E-state index in [4.69, 9.17) is 17.0 Å². The number of benzene rings is 3. The van der Waals surface area contributed by atoms with E-state index in [0.717, 1.165) is 27.6 Å². The Morgan fingerprint density at radius 3 is 2.63 bits per heavy atom. The zero-order chi connectivity index (χ0) is 21.1. The van der Waals surface area contributed by atoms with Gasteiger partial charge in [0.25, 0.3) is 0 Å². The van der Waals surface area contributed by atoms with Crippen molar-refractivity contribution >= 4 is 28.9 Å². The number of fused-ring (bicyclic) bond motifs is 1. The lowest BCUT2D eigenvalue weighted by atomic mass is 10.00. The molecule has 0 aliphatic carbocycles. The van der Waals surface area contributed by atoms with Gasteiger partial charge in [0, 0.05) is 5.56 Å². The summed E-state index contributed by atoms with van der Waals surface area (Å²) in [7, 11) is 1.62. The summed E-state index contributed by atoms with van der Waals surface area (Å²) in [6.07, 6.45) is 0. The molecule has 152 valence electrons. The van der Waals surface area contributed by atoms with Gasteiger partial charge < -0.3 is 10.1 Å². The third-order valence-electron chi connectivity index (χ3n) is 5.08. The van der Waals surface area contributed by atoms with Crippen LogP contribution in [-0.2, 0) is 11.3 Å². The summed E-state index contributed by atoms with van der Waals surface area (Å²) >= 11 is 5.35. The highest BCUT2D eigenvalue weighted by molar-refractivity contribution is 7.71. The molecule has 0 fully saturated rings. The molecule has 1 aromatic heterocycles. The van der Waals surface area contributed by atoms with Gasteiger partial charge in [0.15, 0.2) is 10.6 Å². The van der Waals surface area contributed by atoms with Gasteiger partial charge in [-0.25, -0.2) is 0 Å². The Morgan fingerprint density at radius 2 is 1.87 bits per heavy atom. The summed E-state index contributed by atoms with van der Waals surface area (Å²) < 4.78 is 7.30. The van der Waals surface area contributed by atoms with E-state index < -0.39 is 0 Å². The number of aromatic amines is 1. The molecule has 3 aromatic carbocycles. The molecule has 0 radical (unpaired) electrons. The maximum Gasteiger partial charge on any atom is 0.240 e. The minimum Gasteiger partial charge on any atom is -0.497 e. The first-order chi connectivity index (χ1) is 14.6. The molecule has 0 saturated carbocycles. The van der Waals surface area contributed by atoms with Crippen LogP contribution < -0.4 is 10.1 Å². The lowest BCUT2D eigenvalue weighted by molar-refractivity contribution is -0.122. The zero-order valence-corrected chi connectivity index (χ0v) is 17.6. The Hall–Kier alpha value is -3.45. The number of nitrogens with zero attached hydrogens (tertiary/aromatic N) is 2. The van der Waals surface area contributed by atoms with Crippen LogP contribution in [0.25, 0.3) is 22.2 Å². The number of hydrogen-bond donors (Lipinski definition) is 2. The van der Waals surface area contributed by atoms with E-state index in [1.807, 2.05) is 55.5 Å². The fraction of sp³-hybridized carbons (Fsp3) is 0.174. The second kappa shape index (κ2) is 8.51. The average Bonchev–Trinajstić information content (AvgIpc) is 3.13. The molecule has 0 spiro atoms. The number of methoxy groups -OCH3 is 1.